The molecule has 0 saturated carbocycles. The number of nitrogens with one attached hydrogen (secondary N) is 1. The van der Waals surface area contributed by atoms with Gasteiger partial charge in [-0.25, -0.2) is 8.42 Å². The summed E-state index contributed by atoms with van der Waals surface area (Å²) in [6.45, 7) is 1.40. The Hall–Kier alpha value is -2.78. The molecule has 0 heterocycles. The molecular weight excluding hydrogens is 569 g/mol. The molecular formula is C27H28Cl3N3O4S. The van der Waals surface area contributed by atoms with Crippen LogP contribution < -0.4 is 9.62 Å². The first-order valence-corrected chi connectivity index (χ1v) is 14.6. The van der Waals surface area contributed by atoms with Crippen LogP contribution in [0.15, 0.2) is 66.7 Å². The molecule has 0 saturated heterocycles. The van der Waals surface area contributed by atoms with E-state index in [4.69, 9.17) is 34.8 Å². The van der Waals surface area contributed by atoms with Crippen LogP contribution in [0.1, 0.15) is 16.7 Å². The Bertz CT molecular complexity index is 1420. The number of sulfonamides is 1. The normalized spacial score (nSPS) is 12.1. The molecule has 0 unspecified atom stereocenters. The molecule has 3 rings (SSSR count). The lowest BCUT2D eigenvalue weighted by Gasteiger charge is -2.33. The van der Waals surface area contributed by atoms with E-state index in [1.54, 1.807) is 0 Å². The number of likely N-dealkylation sites (N-methyl/N-ethyl adjacent to an activating group) is 1. The standard InChI is InChI=1S/C27H28Cl3N3O4S/c1-18-8-7-11-20(12-18)16-32(25(27(35)31-2)13-19-9-5-4-6-10-19)26(34)17-33(38(3,36)37)24-15-22(29)21(28)14-23(24)30/h4-12,14-15,25H,13,16-17H2,1-3H3,(H,31,35)/t25-/m0/s1. The summed E-state index contributed by atoms with van der Waals surface area (Å²) in [7, 11) is -2.50. The maximum atomic E-state index is 13.9. The molecule has 0 aromatic heterocycles. The van der Waals surface area contributed by atoms with Crippen molar-refractivity contribution in [1.82, 2.24) is 10.2 Å². The molecule has 202 valence electrons. The average molecular weight is 597 g/mol. The highest BCUT2D eigenvalue weighted by Crippen LogP contribution is 2.35. The van der Waals surface area contributed by atoms with E-state index in [1.165, 1.54) is 24.1 Å². The van der Waals surface area contributed by atoms with Crippen molar-refractivity contribution in [2.75, 3.05) is 24.2 Å². The fraction of sp³-hybridized carbons (Fsp3) is 0.259. The molecule has 0 bridgehead atoms. The number of carbonyl (C=O) groups excluding carboxylic acids is 2. The number of aryl methyl sites for hydroxylation is 1. The van der Waals surface area contributed by atoms with E-state index in [9.17, 15) is 18.0 Å². The van der Waals surface area contributed by atoms with Crippen LogP contribution in [0.25, 0.3) is 0 Å². The van der Waals surface area contributed by atoms with Crippen molar-refractivity contribution in [3.05, 3.63) is 98.5 Å². The number of nitrogens with zero attached hydrogens (tertiary/aromatic N) is 2. The molecule has 3 aromatic rings. The quantitative estimate of drug-likeness (QED) is 0.330. The van der Waals surface area contributed by atoms with Crippen LogP contribution in [0.2, 0.25) is 15.1 Å². The fourth-order valence-corrected chi connectivity index (χ4v) is 5.57. The molecule has 7 nitrogen and oxygen atoms in total. The summed E-state index contributed by atoms with van der Waals surface area (Å²) in [6.07, 6.45) is 1.19. The second-order valence-corrected chi connectivity index (χ2v) is 11.9. The van der Waals surface area contributed by atoms with Crippen LogP contribution >= 0.6 is 34.8 Å². The molecule has 2 amide bonds. The second-order valence-electron chi connectivity index (χ2n) is 8.82. The van der Waals surface area contributed by atoms with Gasteiger partial charge in [0.25, 0.3) is 0 Å². The van der Waals surface area contributed by atoms with Gasteiger partial charge in [0.1, 0.15) is 12.6 Å². The smallest absolute Gasteiger partial charge is 0.244 e. The first-order valence-electron chi connectivity index (χ1n) is 11.6. The van der Waals surface area contributed by atoms with Crippen LogP contribution in [-0.4, -0.2) is 51.0 Å². The lowest BCUT2D eigenvalue weighted by Crippen LogP contribution is -2.52. The summed E-state index contributed by atoms with van der Waals surface area (Å²) < 4.78 is 26.5. The summed E-state index contributed by atoms with van der Waals surface area (Å²) in [5.41, 5.74) is 2.62. The van der Waals surface area contributed by atoms with Crippen molar-refractivity contribution in [3.63, 3.8) is 0 Å². The first kappa shape index (κ1) is 29.8. The van der Waals surface area contributed by atoms with Gasteiger partial charge in [-0.15, -0.1) is 0 Å². The van der Waals surface area contributed by atoms with E-state index < -0.39 is 28.5 Å². The number of anilines is 1. The van der Waals surface area contributed by atoms with E-state index >= 15 is 0 Å². The molecule has 1 atom stereocenters. The molecule has 38 heavy (non-hydrogen) atoms. The van der Waals surface area contributed by atoms with Crippen LogP contribution in [0, 0.1) is 6.92 Å². The molecule has 0 aliphatic heterocycles. The van der Waals surface area contributed by atoms with E-state index in [2.05, 4.69) is 5.32 Å². The third kappa shape index (κ3) is 7.63. The third-order valence-electron chi connectivity index (χ3n) is 5.89. The fourth-order valence-electron chi connectivity index (χ4n) is 4.03. The van der Waals surface area contributed by atoms with Gasteiger partial charge < -0.3 is 10.2 Å². The highest BCUT2D eigenvalue weighted by atomic mass is 35.5. The van der Waals surface area contributed by atoms with Crippen molar-refractivity contribution in [1.29, 1.82) is 0 Å². The molecule has 0 aliphatic rings. The number of halogens is 3. The molecule has 0 aliphatic carbocycles. The van der Waals surface area contributed by atoms with Gasteiger partial charge in [0.2, 0.25) is 21.8 Å². The zero-order valence-electron chi connectivity index (χ0n) is 21.1. The van der Waals surface area contributed by atoms with Gasteiger partial charge in [0, 0.05) is 20.0 Å². The lowest BCUT2D eigenvalue weighted by molar-refractivity contribution is -0.139. The Morgan fingerprint density at radius 2 is 1.53 bits per heavy atom. The maximum absolute atomic E-state index is 13.9. The van der Waals surface area contributed by atoms with Gasteiger partial charge in [-0.05, 0) is 30.2 Å². The molecule has 3 aromatic carbocycles. The molecule has 11 heteroatoms. The number of hydrogen-bond acceptors (Lipinski definition) is 4. The predicted molar refractivity (Wildman–Crippen MR) is 153 cm³/mol. The van der Waals surface area contributed by atoms with Gasteiger partial charge in [-0.2, -0.15) is 0 Å². The summed E-state index contributed by atoms with van der Waals surface area (Å²) >= 11 is 18.5. The summed E-state index contributed by atoms with van der Waals surface area (Å²) in [5.74, 6) is -0.975. The molecule has 0 radical (unpaired) electrons. The minimum Gasteiger partial charge on any atom is -0.357 e. The highest BCUT2D eigenvalue weighted by Gasteiger charge is 2.33. The second kappa shape index (κ2) is 12.8. The largest absolute Gasteiger partial charge is 0.357 e. The van der Waals surface area contributed by atoms with Crippen LogP contribution in [0.4, 0.5) is 5.69 Å². The molecule has 0 fully saturated rings. The highest BCUT2D eigenvalue weighted by molar-refractivity contribution is 7.92. The van der Waals surface area contributed by atoms with Crippen molar-refractivity contribution < 1.29 is 18.0 Å². The van der Waals surface area contributed by atoms with Gasteiger partial charge >= 0.3 is 0 Å². The number of carbonyl (C=O) groups is 2. The minimum absolute atomic E-state index is 0.00646. The van der Waals surface area contributed by atoms with Gasteiger partial charge in [0.15, 0.2) is 0 Å². The van der Waals surface area contributed by atoms with E-state index in [1.807, 2.05) is 61.5 Å². The minimum atomic E-state index is -3.99. The Labute approximate surface area is 238 Å². The topological polar surface area (TPSA) is 86.8 Å². The lowest BCUT2D eigenvalue weighted by atomic mass is 10.0. The summed E-state index contributed by atoms with van der Waals surface area (Å²) in [6, 6.07) is 18.5. The molecule has 0 spiro atoms. The summed E-state index contributed by atoms with van der Waals surface area (Å²) in [5, 5.41) is 2.87. The van der Waals surface area contributed by atoms with E-state index in [0.29, 0.717) is 0 Å². The average Bonchev–Trinajstić information content (AvgIpc) is 2.86. The van der Waals surface area contributed by atoms with E-state index in [0.717, 1.165) is 27.3 Å². The van der Waals surface area contributed by atoms with Gasteiger partial charge in [-0.1, -0.05) is 95.0 Å². The maximum Gasteiger partial charge on any atom is 0.244 e. The Morgan fingerprint density at radius 3 is 2.13 bits per heavy atom. The summed E-state index contributed by atoms with van der Waals surface area (Å²) in [4.78, 5) is 28.4. The van der Waals surface area contributed by atoms with Crippen molar-refractivity contribution in [2.45, 2.75) is 25.9 Å². The van der Waals surface area contributed by atoms with E-state index in [-0.39, 0.29) is 39.6 Å². The Morgan fingerprint density at radius 1 is 0.895 bits per heavy atom. The predicted octanol–water partition coefficient (Wildman–Crippen LogP) is 5.11. The van der Waals surface area contributed by atoms with Crippen molar-refractivity contribution >= 4 is 62.3 Å². The van der Waals surface area contributed by atoms with Crippen molar-refractivity contribution in [3.8, 4) is 0 Å². The molecule has 1 N–H and O–H groups in total. The van der Waals surface area contributed by atoms with Crippen LogP contribution in [0.3, 0.4) is 0 Å². The number of rotatable bonds is 10. The van der Waals surface area contributed by atoms with Gasteiger partial charge in [-0.3, -0.25) is 13.9 Å². The van der Waals surface area contributed by atoms with Gasteiger partial charge in [0.05, 0.1) is 27.0 Å². The van der Waals surface area contributed by atoms with Crippen molar-refractivity contribution in [2.24, 2.45) is 0 Å². The Kier molecular flexibility index (Phi) is 10.1. The number of hydrogen-bond donors (Lipinski definition) is 1. The third-order valence-corrected chi connectivity index (χ3v) is 8.04. The zero-order valence-corrected chi connectivity index (χ0v) is 24.2. The zero-order chi connectivity index (χ0) is 28.0. The SMILES string of the molecule is CNC(=O)[C@H](Cc1ccccc1)N(Cc1cccc(C)c1)C(=O)CN(c1cc(Cl)c(Cl)cc1Cl)S(C)(=O)=O. The van der Waals surface area contributed by atoms with Crippen LogP contribution in [0.5, 0.6) is 0 Å². The monoisotopic (exact) mass is 595 g/mol. The number of benzene rings is 3. The number of amides is 2. The first-order chi connectivity index (χ1) is 17.9. The Balaban J connectivity index is 2.07. The van der Waals surface area contributed by atoms with Crippen LogP contribution in [-0.2, 0) is 32.6 Å².